The van der Waals surface area contributed by atoms with Gasteiger partial charge in [-0.25, -0.2) is 0 Å². The molecule has 0 atom stereocenters. The number of hydrogen-bond acceptors (Lipinski definition) is 0. The molecule has 0 saturated carbocycles. The maximum absolute atomic E-state index is 0. The summed E-state index contributed by atoms with van der Waals surface area (Å²) in [7, 11) is 0. The van der Waals surface area contributed by atoms with Gasteiger partial charge in [-0.15, -0.1) is 12.4 Å². The Bertz CT molecular complexity index is 8.00. The predicted molar refractivity (Wildman–Crippen MR) is 32.9 cm³/mol. The van der Waals surface area contributed by atoms with E-state index in [1.807, 2.05) is 0 Å². The summed E-state index contributed by atoms with van der Waals surface area (Å²) in [4.78, 5) is 0. The van der Waals surface area contributed by atoms with Crippen LogP contribution < -0.4 is 0 Å². The fourth-order valence-electron chi connectivity index (χ4n) is 0. The van der Waals surface area contributed by atoms with Crippen molar-refractivity contribution in [2.75, 3.05) is 0 Å². The third-order valence-electron chi connectivity index (χ3n) is 0. The Hall–Kier alpha value is 2.76. The Morgan fingerprint density at radius 1 is 1.00 bits per heavy atom. The monoisotopic (exact) mass is 116 g/mol. The second-order valence-electron chi connectivity index (χ2n) is 0. The molecule has 0 aromatic heterocycles. The van der Waals surface area contributed by atoms with E-state index >= 15 is 0 Å². The molecule has 0 aromatic carbocycles. The van der Waals surface area contributed by atoms with Gasteiger partial charge in [-0.05, 0) is 0 Å². The first-order valence-electron chi connectivity index (χ1n) is 0. The van der Waals surface area contributed by atoms with Crippen LogP contribution in [0.2, 0.25) is 0 Å². The Morgan fingerprint density at radius 3 is 1.00 bits per heavy atom. The molecule has 0 aliphatic carbocycles. The molecule has 4 heavy (non-hydrogen) atoms. The molecule has 0 saturated heterocycles. The van der Waals surface area contributed by atoms with Gasteiger partial charge in [-0.3, -0.25) is 0 Å². The van der Waals surface area contributed by atoms with E-state index < -0.39 is 0 Å². The molecule has 0 bridgehead atoms. The average molecular weight is 117 g/mol. The van der Waals surface area contributed by atoms with E-state index in [0.29, 0.717) is 0 Å². The fraction of sp³-hybridized carbons (Fsp3) is 0. The Morgan fingerprint density at radius 2 is 1.00 bits per heavy atom. The van der Waals surface area contributed by atoms with E-state index in [-0.39, 0.29) is 95.3 Å². The molecule has 20 valence electrons. The van der Waals surface area contributed by atoms with Crippen LogP contribution in [0.3, 0.4) is 0 Å². The van der Waals surface area contributed by atoms with Gasteiger partial charge in [-0.2, -0.15) is 0 Å². The minimum Gasteiger partial charge on any atom is 0.316 e. The molecule has 0 amide bonds. The second-order valence-corrected chi connectivity index (χ2v) is 0. The van der Waals surface area contributed by atoms with E-state index in [2.05, 4.69) is 0 Å². The van der Waals surface area contributed by atoms with Crippen LogP contribution in [0.15, 0.2) is 0 Å². The third kappa shape index (κ3) is 8.83. The predicted octanol–water partition coefficient (Wildman–Crippen LogP) is -2.33. The van der Waals surface area contributed by atoms with Crippen LogP contribution in [0.5, 0.6) is 0 Å². The number of rotatable bonds is 0. The quantitative estimate of drug-likeness (QED) is 0.312. The summed E-state index contributed by atoms with van der Waals surface area (Å²) in [6, 6.07) is 0. The molecule has 4 heteroatoms. The molecular weight excluding hydrogens is 110 g/mol. The van der Waals surface area contributed by atoms with Gasteiger partial charge in [0, 0.05) is 0 Å². The summed E-state index contributed by atoms with van der Waals surface area (Å²) in [5.74, 6) is 0. The standard InChI is InChI=1S/BH3.ClH.K.Mg.3H/h1H3;1H;;;;;. The van der Waals surface area contributed by atoms with E-state index in [0.717, 1.165) is 0 Å². The van der Waals surface area contributed by atoms with Gasteiger partial charge in [0.1, 0.15) is 0 Å². The van der Waals surface area contributed by atoms with Crippen LogP contribution in [-0.4, -0.2) is 82.9 Å². The molecule has 0 aromatic rings. The maximum Gasteiger partial charge on any atom is 0.316 e. The van der Waals surface area contributed by atoms with Crippen LogP contribution in [0, 0.1) is 0 Å². The number of halogens is 1. The van der Waals surface area contributed by atoms with Gasteiger partial charge in [0.05, 0.1) is 8.41 Å². The van der Waals surface area contributed by atoms with Gasteiger partial charge in [0.15, 0.2) is 0 Å². The third-order valence-corrected chi connectivity index (χ3v) is 0. The smallest absolute Gasteiger partial charge is 0.316 e. The van der Waals surface area contributed by atoms with Crippen LogP contribution >= 0.6 is 12.4 Å². The zero-order valence-electron chi connectivity index (χ0n) is 0.408. The summed E-state index contributed by atoms with van der Waals surface area (Å²) in [5.41, 5.74) is 0. The molecular formula is H7BClKMg. The molecule has 0 aliphatic heterocycles. The minimum atomic E-state index is 0. The molecule has 0 radical (unpaired) electrons. The average Bonchev–Trinajstić information content (AvgIpc) is 0. The van der Waals surface area contributed by atoms with Gasteiger partial charge >= 0.3 is 74.4 Å². The first-order chi connectivity index (χ1) is 0. The largest absolute Gasteiger partial charge is 0.316 e. The maximum atomic E-state index is 0. The van der Waals surface area contributed by atoms with Crippen molar-refractivity contribution in [2.24, 2.45) is 0 Å². The van der Waals surface area contributed by atoms with E-state index in [9.17, 15) is 0 Å². The zero-order chi connectivity index (χ0) is 0. The Kier molecular flexibility index (Phi) is 126. The van der Waals surface area contributed by atoms with E-state index in [4.69, 9.17) is 0 Å². The minimum absolute atomic E-state index is 0. The van der Waals surface area contributed by atoms with Gasteiger partial charge < -0.3 is 0 Å². The Balaban J connectivity index is 0. The molecule has 0 fully saturated rings. The van der Waals surface area contributed by atoms with Crippen LogP contribution in [-0.2, 0) is 0 Å². The molecule has 0 unspecified atom stereocenters. The summed E-state index contributed by atoms with van der Waals surface area (Å²) >= 11 is 0. The first kappa shape index (κ1) is 29.5. The molecule has 0 N–H and O–H groups in total. The molecule has 0 aliphatic rings. The molecule has 0 rings (SSSR count). The Labute approximate surface area is 93.0 Å². The molecule has 0 nitrogen and oxygen atoms in total. The van der Waals surface area contributed by atoms with Crippen LogP contribution in [0.1, 0.15) is 0 Å². The second kappa shape index (κ2) is 17.1. The fourth-order valence-corrected chi connectivity index (χ4v) is 0. The summed E-state index contributed by atoms with van der Waals surface area (Å²) in [5, 5.41) is 0. The van der Waals surface area contributed by atoms with Crippen molar-refractivity contribution in [3.8, 4) is 0 Å². The zero-order valence-corrected chi connectivity index (χ0v) is 1.22. The van der Waals surface area contributed by atoms with Crippen molar-refractivity contribution >= 4 is 95.3 Å². The van der Waals surface area contributed by atoms with Crippen LogP contribution in [0.4, 0.5) is 0 Å². The summed E-state index contributed by atoms with van der Waals surface area (Å²) in [6.07, 6.45) is 0. The SMILES string of the molecule is B.Cl.[KH].[MgH2]. The normalized spacial score (nSPS) is 0. The molecule has 0 heterocycles. The van der Waals surface area contributed by atoms with Crippen LogP contribution in [0.25, 0.3) is 0 Å². The van der Waals surface area contributed by atoms with E-state index in [1.54, 1.807) is 0 Å². The van der Waals surface area contributed by atoms with Gasteiger partial charge in [-0.1, -0.05) is 0 Å². The van der Waals surface area contributed by atoms with Crippen molar-refractivity contribution in [1.29, 1.82) is 0 Å². The van der Waals surface area contributed by atoms with Gasteiger partial charge in [0.25, 0.3) is 0 Å². The van der Waals surface area contributed by atoms with E-state index in [1.165, 1.54) is 0 Å². The van der Waals surface area contributed by atoms with Crippen molar-refractivity contribution in [3.63, 3.8) is 0 Å². The molecule has 0 spiro atoms. The van der Waals surface area contributed by atoms with Crippen molar-refractivity contribution in [1.82, 2.24) is 0 Å². The van der Waals surface area contributed by atoms with Crippen molar-refractivity contribution < 1.29 is 0 Å². The van der Waals surface area contributed by atoms with Gasteiger partial charge in [0.2, 0.25) is 0 Å². The number of hydrogen-bond donors (Lipinski definition) is 0. The first-order valence-corrected chi connectivity index (χ1v) is 0. The summed E-state index contributed by atoms with van der Waals surface area (Å²) in [6.45, 7) is 0. The topological polar surface area (TPSA) is 0 Å². The van der Waals surface area contributed by atoms with Crippen molar-refractivity contribution in [3.05, 3.63) is 0 Å². The van der Waals surface area contributed by atoms with Crippen molar-refractivity contribution in [2.45, 2.75) is 0 Å². The summed E-state index contributed by atoms with van der Waals surface area (Å²) < 4.78 is 0.